The van der Waals surface area contributed by atoms with Gasteiger partial charge in [0.05, 0.1) is 5.56 Å². The van der Waals surface area contributed by atoms with Crippen LogP contribution in [0.4, 0.5) is 5.82 Å². The molecule has 0 amide bonds. The van der Waals surface area contributed by atoms with Gasteiger partial charge >= 0.3 is 0 Å². The van der Waals surface area contributed by atoms with Gasteiger partial charge in [-0.05, 0) is 37.3 Å². The van der Waals surface area contributed by atoms with Crippen LogP contribution < -0.4 is 11.1 Å². The zero-order chi connectivity index (χ0) is 14.5. The van der Waals surface area contributed by atoms with Crippen molar-refractivity contribution >= 4 is 23.0 Å². The molecule has 3 nitrogen and oxygen atoms in total. The number of hydrogen-bond acceptors (Lipinski definition) is 3. The number of aromatic nitrogens is 1. The smallest absolute Gasteiger partial charge is 0.136 e. The third kappa shape index (κ3) is 4.17. The second-order valence-corrected chi connectivity index (χ2v) is 6.49. The average Bonchev–Trinajstić information content (AvgIpc) is 2.41. The summed E-state index contributed by atoms with van der Waals surface area (Å²) >= 11 is 5.08. The van der Waals surface area contributed by atoms with Crippen molar-refractivity contribution in [2.45, 2.75) is 46.0 Å². The van der Waals surface area contributed by atoms with Gasteiger partial charge in [-0.25, -0.2) is 4.98 Å². The summed E-state index contributed by atoms with van der Waals surface area (Å²) in [4.78, 5) is 4.92. The van der Waals surface area contributed by atoms with E-state index in [1.165, 1.54) is 32.1 Å². The molecular formula is C16H25N3S. The molecule has 1 aromatic rings. The van der Waals surface area contributed by atoms with Gasteiger partial charge < -0.3 is 11.1 Å². The van der Waals surface area contributed by atoms with Gasteiger partial charge in [-0.15, -0.1) is 0 Å². The van der Waals surface area contributed by atoms with E-state index in [0.29, 0.717) is 4.99 Å². The average molecular weight is 291 g/mol. The normalized spacial score (nSPS) is 22.5. The van der Waals surface area contributed by atoms with E-state index in [1.54, 1.807) is 0 Å². The number of nitrogens with zero attached hydrogens (tertiary/aromatic N) is 1. The van der Waals surface area contributed by atoms with Gasteiger partial charge in [-0.3, -0.25) is 0 Å². The number of rotatable bonds is 5. The topological polar surface area (TPSA) is 50.9 Å². The van der Waals surface area contributed by atoms with Crippen LogP contribution >= 0.6 is 12.2 Å². The first-order valence-corrected chi connectivity index (χ1v) is 7.98. The summed E-state index contributed by atoms with van der Waals surface area (Å²) < 4.78 is 0. The van der Waals surface area contributed by atoms with Crippen molar-refractivity contribution in [2.24, 2.45) is 17.6 Å². The van der Waals surface area contributed by atoms with E-state index in [-0.39, 0.29) is 0 Å². The van der Waals surface area contributed by atoms with E-state index in [0.717, 1.165) is 35.5 Å². The fourth-order valence-corrected chi connectivity index (χ4v) is 3.07. The molecule has 1 aliphatic carbocycles. The van der Waals surface area contributed by atoms with E-state index in [4.69, 9.17) is 18.0 Å². The summed E-state index contributed by atoms with van der Waals surface area (Å²) in [5.74, 6) is 2.61. The standard InChI is InChI=1S/C16H25N3S/c1-11-3-6-13(7-4-11)9-10-18-16-14(15(17)20)8-5-12(2)19-16/h5,8,11,13H,3-4,6-7,9-10H2,1-2H3,(H2,17,20)(H,18,19). The molecule has 0 aromatic carbocycles. The van der Waals surface area contributed by atoms with Crippen LogP contribution in [0.2, 0.25) is 0 Å². The zero-order valence-electron chi connectivity index (χ0n) is 12.5. The summed E-state index contributed by atoms with van der Waals surface area (Å²) in [6.45, 7) is 5.29. The Morgan fingerprint density at radius 3 is 2.70 bits per heavy atom. The van der Waals surface area contributed by atoms with Crippen LogP contribution in [0.3, 0.4) is 0 Å². The molecular weight excluding hydrogens is 266 g/mol. The molecule has 1 saturated carbocycles. The molecule has 0 unspecified atom stereocenters. The Balaban J connectivity index is 1.87. The maximum atomic E-state index is 5.75. The number of nitrogens with two attached hydrogens (primary N) is 1. The predicted octanol–water partition coefficient (Wildman–Crippen LogP) is 3.65. The second-order valence-electron chi connectivity index (χ2n) is 6.05. The van der Waals surface area contributed by atoms with Crippen molar-refractivity contribution < 1.29 is 0 Å². The molecule has 110 valence electrons. The third-order valence-electron chi connectivity index (χ3n) is 4.28. The first kappa shape index (κ1) is 15.2. The Bertz CT molecular complexity index is 465. The van der Waals surface area contributed by atoms with Crippen molar-refractivity contribution in [3.8, 4) is 0 Å². The molecule has 2 rings (SSSR count). The molecule has 0 radical (unpaired) electrons. The number of pyridine rings is 1. The molecule has 0 atom stereocenters. The predicted molar refractivity (Wildman–Crippen MR) is 89.1 cm³/mol. The number of anilines is 1. The van der Waals surface area contributed by atoms with Crippen LogP contribution in [-0.2, 0) is 0 Å². The van der Waals surface area contributed by atoms with Gasteiger partial charge in [0.25, 0.3) is 0 Å². The lowest BCUT2D eigenvalue weighted by atomic mass is 9.81. The molecule has 4 heteroatoms. The minimum atomic E-state index is 0.409. The molecule has 20 heavy (non-hydrogen) atoms. The van der Waals surface area contributed by atoms with Crippen molar-refractivity contribution in [3.05, 3.63) is 23.4 Å². The second kappa shape index (κ2) is 7.02. The molecule has 1 aliphatic rings. The molecule has 1 fully saturated rings. The van der Waals surface area contributed by atoms with Gasteiger partial charge in [-0.2, -0.15) is 0 Å². The molecule has 1 aromatic heterocycles. The van der Waals surface area contributed by atoms with Crippen LogP contribution in [0, 0.1) is 18.8 Å². The summed E-state index contributed by atoms with van der Waals surface area (Å²) in [6, 6.07) is 3.90. The minimum Gasteiger partial charge on any atom is -0.389 e. The van der Waals surface area contributed by atoms with Crippen LogP contribution in [0.25, 0.3) is 0 Å². The Morgan fingerprint density at radius 1 is 1.35 bits per heavy atom. The van der Waals surface area contributed by atoms with E-state index < -0.39 is 0 Å². The fourth-order valence-electron chi connectivity index (χ4n) is 2.90. The first-order valence-electron chi connectivity index (χ1n) is 7.57. The van der Waals surface area contributed by atoms with E-state index >= 15 is 0 Å². The summed E-state index contributed by atoms with van der Waals surface area (Å²) in [6.07, 6.45) is 6.70. The SMILES string of the molecule is Cc1ccc(C(N)=S)c(NCCC2CCC(C)CC2)n1. The lowest BCUT2D eigenvalue weighted by Gasteiger charge is -2.26. The minimum absolute atomic E-state index is 0.409. The molecule has 1 heterocycles. The fraction of sp³-hybridized carbons (Fsp3) is 0.625. The van der Waals surface area contributed by atoms with Crippen molar-refractivity contribution in [1.82, 2.24) is 4.98 Å². The lowest BCUT2D eigenvalue weighted by molar-refractivity contribution is 0.282. The number of hydrogen-bond donors (Lipinski definition) is 2. The summed E-state index contributed by atoms with van der Waals surface area (Å²) in [5, 5.41) is 3.42. The quantitative estimate of drug-likeness (QED) is 0.813. The Morgan fingerprint density at radius 2 is 2.05 bits per heavy atom. The van der Waals surface area contributed by atoms with Gasteiger partial charge in [0.15, 0.2) is 0 Å². The van der Waals surface area contributed by atoms with Crippen LogP contribution in [-0.4, -0.2) is 16.5 Å². The van der Waals surface area contributed by atoms with Gasteiger partial charge in [0.1, 0.15) is 10.8 Å². The molecule has 0 bridgehead atoms. The summed E-state index contributed by atoms with van der Waals surface area (Å²) in [7, 11) is 0. The van der Waals surface area contributed by atoms with Crippen LogP contribution in [0.5, 0.6) is 0 Å². The van der Waals surface area contributed by atoms with Crippen LogP contribution in [0.1, 0.15) is 50.3 Å². The molecule has 0 aliphatic heterocycles. The van der Waals surface area contributed by atoms with Crippen LogP contribution in [0.15, 0.2) is 12.1 Å². The Kier molecular flexibility index (Phi) is 5.35. The summed E-state index contributed by atoms with van der Waals surface area (Å²) in [5.41, 5.74) is 7.58. The first-order chi connectivity index (χ1) is 9.56. The maximum absolute atomic E-state index is 5.75. The van der Waals surface area contributed by atoms with Crippen molar-refractivity contribution in [3.63, 3.8) is 0 Å². The van der Waals surface area contributed by atoms with Gasteiger partial charge in [0, 0.05) is 12.2 Å². The number of nitrogens with one attached hydrogen (secondary N) is 1. The maximum Gasteiger partial charge on any atom is 0.136 e. The van der Waals surface area contributed by atoms with E-state index in [1.807, 2.05) is 19.1 Å². The Labute approximate surface area is 127 Å². The number of thiocarbonyl (C=S) groups is 1. The molecule has 0 saturated heterocycles. The monoisotopic (exact) mass is 291 g/mol. The largest absolute Gasteiger partial charge is 0.389 e. The lowest BCUT2D eigenvalue weighted by Crippen LogP contribution is -2.18. The number of aryl methyl sites for hydroxylation is 1. The third-order valence-corrected chi connectivity index (χ3v) is 4.50. The van der Waals surface area contributed by atoms with Crippen molar-refractivity contribution in [1.29, 1.82) is 0 Å². The highest BCUT2D eigenvalue weighted by Gasteiger charge is 2.17. The van der Waals surface area contributed by atoms with Gasteiger partial charge in [0.2, 0.25) is 0 Å². The van der Waals surface area contributed by atoms with E-state index in [9.17, 15) is 0 Å². The van der Waals surface area contributed by atoms with Gasteiger partial charge in [-0.1, -0.05) is 44.8 Å². The Hall–Kier alpha value is -1.16. The zero-order valence-corrected chi connectivity index (χ0v) is 13.3. The highest BCUT2D eigenvalue weighted by Crippen LogP contribution is 2.30. The highest BCUT2D eigenvalue weighted by atomic mass is 32.1. The highest BCUT2D eigenvalue weighted by molar-refractivity contribution is 7.80. The van der Waals surface area contributed by atoms with E-state index in [2.05, 4.69) is 17.2 Å². The molecule has 0 spiro atoms. The van der Waals surface area contributed by atoms with Crippen molar-refractivity contribution in [2.75, 3.05) is 11.9 Å². The molecule has 3 N–H and O–H groups in total.